The second-order valence-electron chi connectivity index (χ2n) is 12.0. The Bertz CT molecular complexity index is 1520. The van der Waals surface area contributed by atoms with Crippen molar-refractivity contribution >= 4 is 46.8 Å². The number of hydrogen-bond acceptors (Lipinski definition) is 7. The van der Waals surface area contributed by atoms with Gasteiger partial charge in [-0.3, -0.25) is 9.59 Å². The molecule has 4 rings (SSSR count). The van der Waals surface area contributed by atoms with Crippen molar-refractivity contribution in [3.8, 4) is 11.7 Å². The smallest absolute Gasteiger partial charge is 0.410 e. The molecule has 1 fully saturated rings. The van der Waals surface area contributed by atoms with Crippen LogP contribution in [0.3, 0.4) is 0 Å². The number of aromatic nitrogens is 3. The maximum atomic E-state index is 13.7. The molecule has 1 aliphatic heterocycles. The monoisotopic (exact) mass is 616 g/mol. The van der Waals surface area contributed by atoms with Gasteiger partial charge in [-0.2, -0.15) is 0 Å². The van der Waals surface area contributed by atoms with Gasteiger partial charge < -0.3 is 25.0 Å². The highest BCUT2D eigenvalue weighted by Crippen LogP contribution is 2.29. The number of amides is 3. The molecule has 1 aliphatic rings. The minimum absolute atomic E-state index is 0.0606. The second kappa shape index (κ2) is 11.8. The SMILES string of the molecule is Cc1cc(Cl)cc(C(=O)NC(C)(C)C)c1NC(=O)c1cc(OC2CN(C(=O)OC(C)(C)C)C2)nn1-c1ncccc1Cl. The zero-order valence-electron chi connectivity index (χ0n) is 24.5. The average Bonchev–Trinajstić information content (AvgIpc) is 3.24. The normalized spacial score (nSPS) is 13.8. The number of nitrogens with one attached hydrogen (secondary N) is 2. The highest BCUT2D eigenvalue weighted by Gasteiger charge is 2.36. The topological polar surface area (TPSA) is 128 Å². The number of carbonyl (C=O) groups is 3. The van der Waals surface area contributed by atoms with Gasteiger partial charge in [-0.25, -0.2) is 14.5 Å². The summed E-state index contributed by atoms with van der Waals surface area (Å²) < 4.78 is 12.7. The van der Waals surface area contributed by atoms with Crippen molar-refractivity contribution in [1.82, 2.24) is 25.0 Å². The summed E-state index contributed by atoms with van der Waals surface area (Å²) in [6, 6.07) is 7.88. The van der Waals surface area contributed by atoms with Gasteiger partial charge in [0.2, 0.25) is 5.88 Å². The first-order valence-corrected chi connectivity index (χ1v) is 14.1. The Labute approximate surface area is 254 Å². The van der Waals surface area contributed by atoms with Crippen molar-refractivity contribution in [2.45, 2.75) is 65.7 Å². The van der Waals surface area contributed by atoms with Gasteiger partial charge in [-0.05, 0) is 78.3 Å². The van der Waals surface area contributed by atoms with Crippen LogP contribution in [-0.4, -0.2) is 67.9 Å². The molecule has 11 nitrogen and oxygen atoms in total. The zero-order chi connectivity index (χ0) is 31.0. The molecule has 0 unspecified atom stereocenters. The lowest BCUT2D eigenvalue weighted by Gasteiger charge is -2.38. The minimum Gasteiger partial charge on any atom is -0.469 e. The van der Waals surface area contributed by atoms with Crippen molar-refractivity contribution in [2.24, 2.45) is 0 Å². The summed E-state index contributed by atoms with van der Waals surface area (Å²) in [5.41, 5.74) is 0.0201. The summed E-state index contributed by atoms with van der Waals surface area (Å²) in [6.07, 6.45) is 0.730. The van der Waals surface area contributed by atoms with E-state index in [1.165, 1.54) is 27.9 Å². The summed E-state index contributed by atoms with van der Waals surface area (Å²) >= 11 is 12.7. The van der Waals surface area contributed by atoms with Gasteiger partial charge in [0.05, 0.1) is 29.4 Å². The van der Waals surface area contributed by atoms with Crippen LogP contribution in [0.4, 0.5) is 10.5 Å². The number of halogens is 2. The van der Waals surface area contributed by atoms with E-state index < -0.39 is 29.0 Å². The Morgan fingerprint density at radius 1 is 1.02 bits per heavy atom. The largest absolute Gasteiger partial charge is 0.469 e. The Balaban J connectivity index is 1.62. The standard InChI is InChI=1S/C29H34Cl2N6O5/c1-16-11-17(30)12-19(25(38)34-28(2,3)4)23(16)33-26(39)21-13-22(35-37(21)24-20(31)9-8-10-32-24)41-18-14-36(15-18)27(40)42-29(5,6)7/h8-13,18H,14-15H2,1-7H3,(H,33,39)(H,34,38). The number of aryl methyl sites for hydroxylation is 1. The van der Waals surface area contributed by atoms with Crippen molar-refractivity contribution in [1.29, 1.82) is 0 Å². The van der Waals surface area contributed by atoms with E-state index in [0.717, 1.165) is 0 Å². The van der Waals surface area contributed by atoms with Crippen LogP contribution >= 0.6 is 23.2 Å². The number of hydrogen-bond donors (Lipinski definition) is 2. The number of pyridine rings is 1. The first-order valence-electron chi connectivity index (χ1n) is 13.3. The van der Waals surface area contributed by atoms with Gasteiger partial charge in [-0.15, -0.1) is 5.10 Å². The Morgan fingerprint density at radius 3 is 2.33 bits per heavy atom. The molecular weight excluding hydrogens is 583 g/mol. The lowest BCUT2D eigenvalue weighted by Crippen LogP contribution is -2.57. The highest BCUT2D eigenvalue weighted by molar-refractivity contribution is 6.32. The molecule has 1 aromatic carbocycles. The third-order valence-corrected chi connectivity index (χ3v) is 6.43. The maximum absolute atomic E-state index is 13.7. The predicted octanol–water partition coefficient (Wildman–Crippen LogP) is 5.66. The van der Waals surface area contributed by atoms with E-state index in [1.54, 1.807) is 45.9 Å². The van der Waals surface area contributed by atoms with Crippen LogP contribution in [0, 0.1) is 6.92 Å². The summed E-state index contributed by atoms with van der Waals surface area (Å²) in [5, 5.41) is 10.8. The van der Waals surface area contributed by atoms with Crippen LogP contribution in [0.25, 0.3) is 5.82 Å². The van der Waals surface area contributed by atoms with E-state index in [2.05, 4.69) is 20.7 Å². The van der Waals surface area contributed by atoms with Crippen LogP contribution in [0.1, 0.15) is 68.0 Å². The fourth-order valence-corrected chi connectivity index (χ4v) is 4.58. The summed E-state index contributed by atoms with van der Waals surface area (Å²) in [5.74, 6) is -0.637. The van der Waals surface area contributed by atoms with E-state index >= 15 is 0 Å². The van der Waals surface area contributed by atoms with E-state index in [0.29, 0.717) is 29.4 Å². The summed E-state index contributed by atoms with van der Waals surface area (Å²) in [7, 11) is 0. The molecule has 3 heterocycles. The molecule has 2 aromatic heterocycles. The molecule has 3 aromatic rings. The van der Waals surface area contributed by atoms with Gasteiger partial charge in [0.15, 0.2) is 5.82 Å². The van der Waals surface area contributed by atoms with Crippen LogP contribution in [0.15, 0.2) is 36.5 Å². The maximum Gasteiger partial charge on any atom is 0.410 e. The lowest BCUT2D eigenvalue weighted by molar-refractivity contribution is -0.0233. The molecule has 0 aliphatic carbocycles. The van der Waals surface area contributed by atoms with Gasteiger partial charge in [-0.1, -0.05) is 23.2 Å². The third kappa shape index (κ3) is 7.51. The lowest BCUT2D eigenvalue weighted by atomic mass is 10.0. The molecule has 0 spiro atoms. The van der Waals surface area contributed by atoms with Crippen molar-refractivity contribution in [3.05, 3.63) is 63.4 Å². The number of anilines is 1. The predicted molar refractivity (Wildman–Crippen MR) is 160 cm³/mol. The molecule has 3 amide bonds. The minimum atomic E-state index is -0.609. The number of carbonyl (C=O) groups excluding carboxylic acids is 3. The van der Waals surface area contributed by atoms with Gasteiger partial charge in [0.1, 0.15) is 17.4 Å². The van der Waals surface area contributed by atoms with Crippen LogP contribution in [0.2, 0.25) is 10.0 Å². The molecule has 0 bridgehead atoms. The molecular formula is C29H34Cl2N6O5. The molecule has 224 valence electrons. The number of likely N-dealkylation sites (tertiary alicyclic amines) is 1. The molecule has 0 atom stereocenters. The van der Waals surface area contributed by atoms with Gasteiger partial charge >= 0.3 is 6.09 Å². The molecule has 42 heavy (non-hydrogen) atoms. The quantitative estimate of drug-likeness (QED) is 0.365. The Morgan fingerprint density at radius 2 is 1.71 bits per heavy atom. The number of rotatable bonds is 6. The van der Waals surface area contributed by atoms with Gasteiger partial charge in [0.25, 0.3) is 11.8 Å². The van der Waals surface area contributed by atoms with Crippen molar-refractivity contribution in [3.63, 3.8) is 0 Å². The first-order chi connectivity index (χ1) is 19.5. The Hall–Kier alpha value is -3.83. The van der Waals surface area contributed by atoms with Crippen LogP contribution in [0.5, 0.6) is 5.88 Å². The first kappa shape index (κ1) is 31.1. The number of ether oxygens (including phenoxy) is 2. The highest BCUT2D eigenvalue weighted by atomic mass is 35.5. The third-order valence-electron chi connectivity index (χ3n) is 5.92. The average molecular weight is 618 g/mol. The molecule has 2 N–H and O–H groups in total. The van der Waals surface area contributed by atoms with Crippen LogP contribution < -0.4 is 15.4 Å². The van der Waals surface area contributed by atoms with Crippen molar-refractivity contribution in [2.75, 3.05) is 18.4 Å². The summed E-state index contributed by atoms with van der Waals surface area (Å²) in [4.78, 5) is 45.0. The Kier molecular flexibility index (Phi) is 8.75. The number of nitrogens with zero attached hydrogens (tertiary/aromatic N) is 4. The molecule has 13 heteroatoms. The number of benzene rings is 1. The molecule has 0 radical (unpaired) electrons. The molecule has 1 saturated heterocycles. The van der Waals surface area contributed by atoms with Gasteiger partial charge in [0, 0.05) is 22.8 Å². The van der Waals surface area contributed by atoms with Crippen LogP contribution in [-0.2, 0) is 4.74 Å². The van der Waals surface area contributed by atoms with E-state index in [-0.39, 0.29) is 34.1 Å². The van der Waals surface area contributed by atoms with E-state index in [4.69, 9.17) is 32.7 Å². The summed E-state index contributed by atoms with van der Waals surface area (Å²) in [6.45, 7) is 13.3. The molecule has 0 saturated carbocycles. The van der Waals surface area contributed by atoms with E-state index in [1.807, 2.05) is 20.8 Å². The zero-order valence-corrected chi connectivity index (χ0v) is 26.1. The fourth-order valence-electron chi connectivity index (χ4n) is 4.11. The second-order valence-corrected chi connectivity index (χ2v) is 12.9. The fraction of sp³-hybridized carbons (Fsp3) is 0.414. The van der Waals surface area contributed by atoms with E-state index in [9.17, 15) is 14.4 Å². The van der Waals surface area contributed by atoms with Crippen molar-refractivity contribution < 1.29 is 23.9 Å².